The van der Waals surface area contributed by atoms with Crippen molar-refractivity contribution >= 4 is 38.3 Å². The van der Waals surface area contributed by atoms with Crippen molar-refractivity contribution in [2.45, 2.75) is 19.4 Å². The van der Waals surface area contributed by atoms with Gasteiger partial charge in [-0.25, -0.2) is 4.98 Å². The molecular formula is C31H26BrN3O3S. The summed E-state index contributed by atoms with van der Waals surface area (Å²) in [5.74, 6) is 1.36. The number of thiazole rings is 1. The van der Waals surface area contributed by atoms with E-state index in [1.807, 2.05) is 18.2 Å². The van der Waals surface area contributed by atoms with Crippen LogP contribution in [0.4, 0.5) is 5.13 Å². The van der Waals surface area contributed by atoms with Gasteiger partial charge in [0.25, 0.3) is 5.91 Å². The number of hydrogen-bond acceptors (Lipinski definition) is 5. The minimum atomic E-state index is -0.190. The van der Waals surface area contributed by atoms with Crippen LogP contribution in [0.5, 0.6) is 11.5 Å². The Balaban J connectivity index is 1.39. The molecule has 1 aliphatic rings. The van der Waals surface area contributed by atoms with Gasteiger partial charge in [0.15, 0.2) is 5.13 Å². The van der Waals surface area contributed by atoms with Crippen LogP contribution >= 0.6 is 27.3 Å². The number of nitrogens with one attached hydrogen (secondary N) is 1. The minimum Gasteiger partial charge on any atom is -0.497 e. The third-order valence-corrected chi connectivity index (χ3v) is 8.81. The molecule has 1 aliphatic carbocycles. The summed E-state index contributed by atoms with van der Waals surface area (Å²) < 4.78 is 13.9. The molecule has 0 radical (unpaired) electrons. The summed E-state index contributed by atoms with van der Waals surface area (Å²) in [5, 5.41) is 3.60. The van der Waals surface area contributed by atoms with Gasteiger partial charge in [-0.15, -0.1) is 11.3 Å². The molecule has 196 valence electrons. The molecule has 3 aromatic carbocycles. The van der Waals surface area contributed by atoms with Crippen molar-refractivity contribution in [3.8, 4) is 34.0 Å². The highest BCUT2D eigenvalue weighted by atomic mass is 79.9. The van der Waals surface area contributed by atoms with E-state index in [9.17, 15) is 4.79 Å². The number of amides is 1. The SMILES string of the molecule is COc1ccc(Cn2c(Br)c3c(c2-c2ccccc2)CCc2sc(NC(=O)c4ccc(OC)cc4)nc2-3)cc1. The standard InChI is InChI=1S/C31H26BrN3O3S/c1-37-22-12-8-19(9-13-22)18-35-28(20-6-4-3-5-7-20)24-16-17-25-27(26(24)29(35)32)33-31(39-25)34-30(36)21-10-14-23(38-2)15-11-21/h3-15H,16-18H2,1-2H3,(H,33,34,36). The molecule has 1 N–H and O–H groups in total. The molecule has 2 aromatic heterocycles. The first-order chi connectivity index (χ1) is 19.1. The van der Waals surface area contributed by atoms with Crippen LogP contribution in [0.2, 0.25) is 0 Å². The summed E-state index contributed by atoms with van der Waals surface area (Å²) in [4.78, 5) is 19.0. The minimum absolute atomic E-state index is 0.190. The Hall–Kier alpha value is -3.88. The van der Waals surface area contributed by atoms with Crippen molar-refractivity contribution in [2.24, 2.45) is 0 Å². The molecule has 0 saturated heterocycles. The van der Waals surface area contributed by atoms with E-state index >= 15 is 0 Å². The van der Waals surface area contributed by atoms with Crippen LogP contribution < -0.4 is 14.8 Å². The largest absolute Gasteiger partial charge is 0.497 e. The molecule has 8 heteroatoms. The molecule has 1 amide bonds. The second-order valence-electron chi connectivity index (χ2n) is 9.27. The fourth-order valence-corrected chi connectivity index (χ4v) is 6.72. The van der Waals surface area contributed by atoms with Crippen LogP contribution in [0.25, 0.3) is 22.5 Å². The lowest BCUT2D eigenvalue weighted by molar-refractivity contribution is 0.102. The third kappa shape index (κ3) is 4.86. The van der Waals surface area contributed by atoms with Crippen molar-refractivity contribution in [2.75, 3.05) is 19.5 Å². The van der Waals surface area contributed by atoms with E-state index in [1.165, 1.54) is 27.3 Å². The molecule has 0 saturated carbocycles. The van der Waals surface area contributed by atoms with Crippen LogP contribution in [0.3, 0.4) is 0 Å². The van der Waals surface area contributed by atoms with Crippen LogP contribution in [-0.2, 0) is 19.4 Å². The summed E-state index contributed by atoms with van der Waals surface area (Å²) in [5.41, 5.74) is 7.39. The molecule has 0 atom stereocenters. The number of anilines is 1. The summed E-state index contributed by atoms with van der Waals surface area (Å²) in [6, 6.07) is 25.7. The lowest BCUT2D eigenvalue weighted by atomic mass is 9.93. The maximum atomic E-state index is 12.9. The summed E-state index contributed by atoms with van der Waals surface area (Å²) in [6.07, 6.45) is 1.77. The van der Waals surface area contributed by atoms with Crippen LogP contribution in [0.1, 0.15) is 26.4 Å². The number of fused-ring (bicyclic) bond motifs is 3. The van der Waals surface area contributed by atoms with E-state index in [4.69, 9.17) is 14.5 Å². The van der Waals surface area contributed by atoms with Gasteiger partial charge in [0.1, 0.15) is 11.5 Å². The smallest absolute Gasteiger partial charge is 0.257 e. The van der Waals surface area contributed by atoms with E-state index in [1.54, 1.807) is 49.8 Å². The molecule has 0 unspecified atom stereocenters. The van der Waals surface area contributed by atoms with E-state index in [2.05, 4.69) is 62.2 Å². The molecule has 5 aromatic rings. The molecule has 39 heavy (non-hydrogen) atoms. The molecule has 0 aliphatic heterocycles. The maximum Gasteiger partial charge on any atom is 0.257 e. The second-order valence-corrected chi connectivity index (χ2v) is 11.1. The topological polar surface area (TPSA) is 65.4 Å². The van der Waals surface area contributed by atoms with Crippen molar-refractivity contribution in [1.82, 2.24) is 9.55 Å². The van der Waals surface area contributed by atoms with Gasteiger partial charge < -0.3 is 14.0 Å². The fraction of sp³-hybridized carbons (Fsp3) is 0.161. The Morgan fingerprint density at radius 2 is 1.62 bits per heavy atom. The van der Waals surface area contributed by atoms with Crippen molar-refractivity contribution in [1.29, 1.82) is 0 Å². The van der Waals surface area contributed by atoms with Crippen LogP contribution in [-0.4, -0.2) is 29.7 Å². The van der Waals surface area contributed by atoms with Gasteiger partial charge in [-0.1, -0.05) is 42.5 Å². The highest BCUT2D eigenvalue weighted by Crippen LogP contribution is 2.47. The monoisotopic (exact) mass is 599 g/mol. The van der Waals surface area contributed by atoms with Crippen molar-refractivity contribution in [3.05, 3.63) is 105 Å². The number of nitrogens with zero attached hydrogens (tertiary/aromatic N) is 2. The number of benzene rings is 3. The van der Waals surface area contributed by atoms with E-state index < -0.39 is 0 Å². The Labute approximate surface area is 239 Å². The maximum absolute atomic E-state index is 12.9. The Bertz CT molecular complexity index is 1640. The predicted molar refractivity (Wildman–Crippen MR) is 159 cm³/mol. The van der Waals surface area contributed by atoms with Gasteiger partial charge in [0, 0.05) is 22.5 Å². The number of methoxy groups -OCH3 is 2. The average Bonchev–Trinajstić information content (AvgIpc) is 3.51. The molecule has 0 spiro atoms. The Kier molecular flexibility index (Phi) is 6.97. The first-order valence-electron chi connectivity index (χ1n) is 12.6. The highest BCUT2D eigenvalue weighted by molar-refractivity contribution is 9.10. The molecule has 6 rings (SSSR count). The lowest BCUT2D eigenvalue weighted by Crippen LogP contribution is -2.11. The van der Waals surface area contributed by atoms with Crippen LogP contribution in [0.15, 0.2) is 83.5 Å². The number of carbonyl (C=O) groups is 1. The summed E-state index contributed by atoms with van der Waals surface area (Å²) >= 11 is 5.50. The molecule has 0 bridgehead atoms. The number of aryl methyl sites for hydroxylation is 1. The van der Waals surface area contributed by atoms with Crippen molar-refractivity contribution in [3.63, 3.8) is 0 Å². The van der Waals surface area contributed by atoms with E-state index in [-0.39, 0.29) is 5.91 Å². The molecular weight excluding hydrogens is 574 g/mol. The zero-order valence-corrected chi connectivity index (χ0v) is 23.9. The highest BCUT2D eigenvalue weighted by Gasteiger charge is 2.31. The molecule has 0 fully saturated rings. The number of carbonyl (C=O) groups excluding carboxylic acids is 1. The zero-order valence-electron chi connectivity index (χ0n) is 21.5. The summed E-state index contributed by atoms with van der Waals surface area (Å²) in [6.45, 7) is 0.697. The first kappa shape index (κ1) is 25.4. The van der Waals surface area contributed by atoms with Gasteiger partial charge >= 0.3 is 0 Å². The second kappa shape index (κ2) is 10.7. The predicted octanol–water partition coefficient (Wildman–Crippen LogP) is 7.46. The van der Waals surface area contributed by atoms with E-state index in [0.29, 0.717) is 23.0 Å². The zero-order chi connectivity index (χ0) is 26.9. The fourth-order valence-electron chi connectivity index (χ4n) is 5.03. The number of aromatic nitrogens is 2. The lowest BCUT2D eigenvalue weighted by Gasteiger charge is -2.14. The van der Waals surface area contributed by atoms with Crippen LogP contribution in [0, 0.1) is 0 Å². The molecule has 6 nitrogen and oxygen atoms in total. The average molecular weight is 601 g/mol. The van der Waals surface area contributed by atoms with Gasteiger partial charge in [-0.05, 0) is 81.9 Å². The Morgan fingerprint density at radius 1 is 0.949 bits per heavy atom. The molecule has 2 heterocycles. The number of hydrogen-bond donors (Lipinski definition) is 1. The van der Waals surface area contributed by atoms with Gasteiger partial charge in [0.2, 0.25) is 0 Å². The van der Waals surface area contributed by atoms with Gasteiger partial charge in [-0.2, -0.15) is 0 Å². The quantitative estimate of drug-likeness (QED) is 0.211. The van der Waals surface area contributed by atoms with Gasteiger partial charge in [-0.3, -0.25) is 10.1 Å². The summed E-state index contributed by atoms with van der Waals surface area (Å²) in [7, 11) is 3.28. The first-order valence-corrected chi connectivity index (χ1v) is 14.2. The normalized spacial score (nSPS) is 12.0. The van der Waals surface area contributed by atoms with Crippen molar-refractivity contribution < 1.29 is 14.3 Å². The number of rotatable bonds is 7. The number of halogens is 1. The Morgan fingerprint density at radius 3 is 2.28 bits per heavy atom. The van der Waals surface area contributed by atoms with Gasteiger partial charge in [0.05, 0.1) is 30.2 Å². The van der Waals surface area contributed by atoms with E-state index in [0.717, 1.165) is 34.5 Å². The third-order valence-electron chi connectivity index (χ3n) is 6.96. The number of ether oxygens (including phenoxy) is 2.